The monoisotopic (exact) mass is 505 g/mol. The Morgan fingerprint density at radius 3 is 1.65 bits per heavy atom. The Hall–Kier alpha value is -1.81. The zero-order valence-corrected chi connectivity index (χ0v) is 22.6. The summed E-state index contributed by atoms with van der Waals surface area (Å²) in [4.78, 5) is 50.6. The average molecular weight is 506 g/mol. The fourth-order valence-electron chi connectivity index (χ4n) is 5.11. The predicted octanol–water partition coefficient (Wildman–Crippen LogP) is 3.28. The molecule has 4 N–H and O–H groups in total. The number of hydrogen-bond donors (Lipinski definition) is 5. The van der Waals surface area contributed by atoms with Crippen molar-refractivity contribution in [2.75, 3.05) is 26.0 Å². The first-order chi connectivity index (χ1) is 15.4. The summed E-state index contributed by atoms with van der Waals surface area (Å²) >= 11 is 4.08. The Kier molecular flexibility index (Phi) is 12.1. The largest absolute Gasteiger partial charge is 0.481 e. The summed E-state index contributed by atoms with van der Waals surface area (Å²) in [6, 6.07) is 0. The highest BCUT2D eigenvalue weighted by molar-refractivity contribution is 7.80. The second kappa shape index (κ2) is 12.8. The lowest BCUT2D eigenvalue weighted by Crippen LogP contribution is -2.57. The molecule has 4 unspecified atom stereocenters. The molecule has 0 spiro atoms. The molecule has 0 bridgehead atoms. The van der Waals surface area contributed by atoms with Gasteiger partial charge in [-0.25, -0.2) is 0 Å². The second-order valence-corrected chi connectivity index (χ2v) is 11.2. The molecule has 0 saturated carbocycles. The highest BCUT2D eigenvalue weighted by Crippen LogP contribution is 2.56. The van der Waals surface area contributed by atoms with Crippen molar-refractivity contribution >= 4 is 36.4 Å². The molecule has 0 saturated heterocycles. The maximum atomic E-state index is 13.0. The Bertz CT molecular complexity index is 734. The predicted molar refractivity (Wildman–Crippen MR) is 132 cm³/mol. The van der Waals surface area contributed by atoms with Crippen LogP contribution in [0.4, 0.5) is 0 Å². The molecule has 10 heteroatoms. The molecular formula is C24H43NO8S. The molecule has 0 aliphatic heterocycles. The van der Waals surface area contributed by atoms with Crippen molar-refractivity contribution in [3.05, 3.63) is 0 Å². The van der Waals surface area contributed by atoms with E-state index in [4.69, 9.17) is 4.74 Å². The highest BCUT2D eigenvalue weighted by Gasteiger charge is 2.60. The Morgan fingerprint density at radius 2 is 1.29 bits per heavy atom. The maximum Gasteiger partial charge on any atom is 0.308 e. The van der Waals surface area contributed by atoms with E-state index in [1.54, 1.807) is 41.5 Å². The van der Waals surface area contributed by atoms with Crippen molar-refractivity contribution in [1.82, 2.24) is 5.32 Å². The van der Waals surface area contributed by atoms with Crippen LogP contribution in [0, 0.1) is 39.9 Å². The number of carboxylic acid groups (broad SMARTS) is 3. The maximum absolute atomic E-state index is 13.0. The van der Waals surface area contributed by atoms with Gasteiger partial charge in [-0.2, -0.15) is 12.6 Å². The van der Waals surface area contributed by atoms with Crippen LogP contribution in [-0.2, 0) is 23.9 Å². The summed E-state index contributed by atoms with van der Waals surface area (Å²) < 4.78 is 5.18. The second-order valence-electron chi connectivity index (χ2n) is 10.7. The minimum Gasteiger partial charge on any atom is -0.481 e. The van der Waals surface area contributed by atoms with Crippen molar-refractivity contribution in [2.24, 2.45) is 39.9 Å². The zero-order valence-electron chi connectivity index (χ0n) is 21.7. The molecule has 0 aliphatic carbocycles. The number of amides is 1. The van der Waals surface area contributed by atoms with E-state index in [1.807, 2.05) is 6.92 Å². The first kappa shape index (κ1) is 32.2. The van der Waals surface area contributed by atoms with Gasteiger partial charge < -0.3 is 25.4 Å². The molecule has 0 fully saturated rings. The Morgan fingerprint density at radius 1 is 0.853 bits per heavy atom. The molecule has 0 aromatic carbocycles. The molecule has 0 aromatic heterocycles. The normalized spacial score (nSPS) is 16.3. The number of ether oxygens (including phenoxy) is 1. The molecule has 0 radical (unpaired) electrons. The van der Waals surface area contributed by atoms with E-state index < -0.39 is 63.7 Å². The molecule has 9 nitrogen and oxygen atoms in total. The topological polar surface area (TPSA) is 150 Å². The molecule has 198 valence electrons. The molecule has 0 aliphatic rings. The molecule has 0 aromatic rings. The molecule has 34 heavy (non-hydrogen) atoms. The van der Waals surface area contributed by atoms with Gasteiger partial charge in [0.2, 0.25) is 5.91 Å². The quantitative estimate of drug-likeness (QED) is 0.201. The minimum atomic E-state index is -1.46. The summed E-state index contributed by atoms with van der Waals surface area (Å²) in [5, 5.41) is 33.4. The number of hydrogen-bond acceptors (Lipinski definition) is 6. The first-order valence-electron chi connectivity index (χ1n) is 11.5. The third-order valence-electron chi connectivity index (χ3n) is 7.46. The number of carbonyl (C=O) groups excluding carboxylic acids is 1. The van der Waals surface area contributed by atoms with Crippen LogP contribution in [0.15, 0.2) is 0 Å². The lowest BCUT2D eigenvalue weighted by molar-refractivity contribution is -0.180. The lowest BCUT2D eigenvalue weighted by Gasteiger charge is -2.52. The molecule has 0 rings (SSSR count). The summed E-state index contributed by atoms with van der Waals surface area (Å²) in [5.74, 6) is -8.96. The molecule has 0 heterocycles. The number of methoxy groups -OCH3 is 1. The van der Waals surface area contributed by atoms with Crippen molar-refractivity contribution in [2.45, 2.75) is 61.3 Å². The summed E-state index contributed by atoms with van der Waals surface area (Å²) in [6.45, 7) is 11.7. The Labute approximate surface area is 208 Å². The van der Waals surface area contributed by atoms with Crippen LogP contribution in [0.1, 0.15) is 61.3 Å². The van der Waals surface area contributed by atoms with E-state index in [9.17, 15) is 34.5 Å². The molecular weight excluding hydrogens is 462 g/mol. The summed E-state index contributed by atoms with van der Waals surface area (Å²) in [6.07, 6.45) is 0.824. The number of aliphatic carboxylic acids is 3. The van der Waals surface area contributed by atoms with E-state index in [0.29, 0.717) is 12.2 Å². The van der Waals surface area contributed by atoms with Crippen LogP contribution in [0.3, 0.4) is 0 Å². The number of nitrogens with one attached hydrogen (secondary N) is 1. The van der Waals surface area contributed by atoms with Gasteiger partial charge in [0.1, 0.15) is 0 Å². The van der Waals surface area contributed by atoms with E-state index >= 15 is 0 Å². The number of thiol groups is 1. The standard InChI is InChI=1S/C24H43NO8S/c1-9-10-14(18(26)25-11-12-34)15(19(27)28)23(4,5)24(6,7)17(21(31)32)16(20(29)30)22(2,3)13-33-8/h14-17,34H,9-13H2,1-8H3,(H,25,26)(H,27,28)(H,29,30)(H,31,32). The van der Waals surface area contributed by atoms with Crippen LogP contribution in [0.25, 0.3) is 0 Å². The fourth-order valence-corrected chi connectivity index (χ4v) is 5.23. The molecule has 1 amide bonds. The minimum absolute atomic E-state index is 0.00277. The van der Waals surface area contributed by atoms with E-state index in [-0.39, 0.29) is 19.6 Å². The van der Waals surface area contributed by atoms with Gasteiger partial charge in [-0.3, -0.25) is 19.2 Å². The van der Waals surface area contributed by atoms with Gasteiger partial charge in [-0.15, -0.1) is 0 Å². The first-order valence-corrected chi connectivity index (χ1v) is 12.1. The van der Waals surface area contributed by atoms with Gasteiger partial charge in [0.05, 0.1) is 30.3 Å². The summed E-state index contributed by atoms with van der Waals surface area (Å²) in [7, 11) is 1.41. The average Bonchev–Trinajstić information content (AvgIpc) is 2.68. The number of carbonyl (C=O) groups is 4. The summed E-state index contributed by atoms with van der Waals surface area (Å²) in [5.41, 5.74) is -3.72. The van der Waals surface area contributed by atoms with Gasteiger partial charge in [-0.05, 0) is 17.3 Å². The van der Waals surface area contributed by atoms with Crippen LogP contribution < -0.4 is 5.32 Å². The number of rotatable bonds is 16. The number of carboxylic acids is 3. The van der Waals surface area contributed by atoms with Crippen LogP contribution in [0.5, 0.6) is 0 Å². The van der Waals surface area contributed by atoms with Gasteiger partial charge in [0.25, 0.3) is 0 Å². The smallest absolute Gasteiger partial charge is 0.308 e. The van der Waals surface area contributed by atoms with Crippen molar-refractivity contribution in [1.29, 1.82) is 0 Å². The SMILES string of the molecule is CCCC(C(=O)NCCS)C(C(=O)O)C(C)(C)C(C)(C)C(C(=O)O)C(C(=O)O)C(C)(C)COC. The van der Waals surface area contributed by atoms with Gasteiger partial charge in [-0.1, -0.05) is 54.9 Å². The highest BCUT2D eigenvalue weighted by atomic mass is 32.1. The van der Waals surface area contributed by atoms with Crippen LogP contribution in [-0.4, -0.2) is 65.1 Å². The fraction of sp³-hybridized carbons (Fsp3) is 0.833. The zero-order chi connectivity index (χ0) is 27.1. The van der Waals surface area contributed by atoms with Gasteiger partial charge in [0, 0.05) is 24.8 Å². The van der Waals surface area contributed by atoms with E-state index in [2.05, 4.69) is 17.9 Å². The lowest BCUT2D eigenvalue weighted by atomic mass is 9.49. The third-order valence-corrected chi connectivity index (χ3v) is 7.68. The van der Waals surface area contributed by atoms with Gasteiger partial charge in [0.15, 0.2) is 0 Å². The van der Waals surface area contributed by atoms with Crippen LogP contribution in [0.2, 0.25) is 0 Å². The van der Waals surface area contributed by atoms with E-state index in [0.717, 1.165) is 0 Å². The molecule has 4 atom stereocenters. The van der Waals surface area contributed by atoms with Crippen molar-refractivity contribution < 1.29 is 39.2 Å². The van der Waals surface area contributed by atoms with Gasteiger partial charge >= 0.3 is 17.9 Å². The Balaban J connectivity index is 6.85. The van der Waals surface area contributed by atoms with E-state index in [1.165, 1.54) is 7.11 Å². The van der Waals surface area contributed by atoms with Crippen molar-refractivity contribution in [3.8, 4) is 0 Å². The third kappa shape index (κ3) is 7.10. The van der Waals surface area contributed by atoms with Crippen molar-refractivity contribution in [3.63, 3.8) is 0 Å². The van der Waals surface area contributed by atoms with Crippen LogP contribution >= 0.6 is 12.6 Å².